The molecule has 0 heterocycles. The molecule has 2 amide bonds. The van der Waals surface area contributed by atoms with Gasteiger partial charge in [-0.15, -0.1) is 0 Å². The van der Waals surface area contributed by atoms with Crippen molar-refractivity contribution < 1.29 is 14.5 Å². The van der Waals surface area contributed by atoms with Gasteiger partial charge in [0.2, 0.25) is 0 Å². The van der Waals surface area contributed by atoms with Gasteiger partial charge in [0.15, 0.2) is 12.6 Å². The zero-order valence-electron chi connectivity index (χ0n) is 13.8. The van der Waals surface area contributed by atoms with Gasteiger partial charge < -0.3 is 15.5 Å². The van der Waals surface area contributed by atoms with Crippen LogP contribution in [0.15, 0.2) is 28.7 Å². The van der Waals surface area contributed by atoms with E-state index in [1.807, 2.05) is 59.0 Å². The van der Waals surface area contributed by atoms with Gasteiger partial charge in [-0.2, -0.15) is 0 Å². The van der Waals surface area contributed by atoms with Crippen LogP contribution >= 0.6 is 15.9 Å². The molecule has 0 aliphatic carbocycles. The van der Waals surface area contributed by atoms with E-state index in [1.54, 1.807) is 0 Å². The SMILES string of the molecule is C[C@H](C(=O)Nc1ccc(Br)cc1)[NH+](C)CC(=O)NC(C)(C)C. The Labute approximate surface area is 140 Å². The molecular weight excluding hydrogens is 346 g/mol. The second-order valence-corrected chi connectivity index (χ2v) is 7.45. The molecule has 1 aromatic carbocycles. The Bertz CT molecular complexity index is 523. The summed E-state index contributed by atoms with van der Waals surface area (Å²) in [5.41, 5.74) is 0.479. The third-order valence-corrected chi connectivity index (χ3v) is 3.73. The number of quaternary nitrogens is 1. The highest BCUT2D eigenvalue weighted by molar-refractivity contribution is 9.10. The molecule has 22 heavy (non-hydrogen) atoms. The maximum atomic E-state index is 12.2. The minimum atomic E-state index is -0.325. The number of amides is 2. The Morgan fingerprint density at radius 1 is 1.23 bits per heavy atom. The zero-order valence-corrected chi connectivity index (χ0v) is 15.4. The molecule has 3 N–H and O–H groups in total. The van der Waals surface area contributed by atoms with E-state index in [1.165, 1.54) is 0 Å². The minimum Gasteiger partial charge on any atom is -0.347 e. The molecule has 0 bridgehead atoms. The van der Waals surface area contributed by atoms with Crippen molar-refractivity contribution >= 4 is 33.4 Å². The Kier molecular flexibility index (Phi) is 6.56. The van der Waals surface area contributed by atoms with Gasteiger partial charge in [0.1, 0.15) is 0 Å². The first kappa shape index (κ1) is 18.6. The third-order valence-electron chi connectivity index (χ3n) is 3.20. The molecule has 1 aromatic rings. The molecule has 1 rings (SSSR count). The summed E-state index contributed by atoms with van der Waals surface area (Å²) >= 11 is 3.35. The molecule has 5 nitrogen and oxygen atoms in total. The van der Waals surface area contributed by atoms with Gasteiger partial charge >= 0.3 is 0 Å². The number of hydrogen-bond donors (Lipinski definition) is 3. The maximum Gasteiger partial charge on any atom is 0.282 e. The van der Waals surface area contributed by atoms with Crippen molar-refractivity contribution in [1.82, 2.24) is 5.32 Å². The van der Waals surface area contributed by atoms with Crippen molar-refractivity contribution in [1.29, 1.82) is 0 Å². The molecule has 0 aliphatic rings. The molecule has 0 fully saturated rings. The van der Waals surface area contributed by atoms with E-state index in [0.717, 1.165) is 15.1 Å². The van der Waals surface area contributed by atoms with Crippen molar-refractivity contribution in [2.75, 3.05) is 18.9 Å². The molecule has 0 aromatic heterocycles. The van der Waals surface area contributed by atoms with Crippen molar-refractivity contribution in [3.63, 3.8) is 0 Å². The predicted octanol–water partition coefficient (Wildman–Crippen LogP) is 1.21. The molecule has 0 saturated heterocycles. The number of carbonyl (C=O) groups is 2. The molecule has 0 spiro atoms. The van der Waals surface area contributed by atoms with Crippen LogP contribution < -0.4 is 15.5 Å². The molecule has 0 saturated carbocycles. The predicted molar refractivity (Wildman–Crippen MR) is 91.9 cm³/mol. The number of anilines is 1. The monoisotopic (exact) mass is 370 g/mol. The third kappa shape index (κ3) is 6.58. The van der Waals surface area contributed by atoms with Crippen LogP contribution in [0.3, 0.4) is 0 Å². The van der Waals surface area contributed by atoms with Crippen LogP contribution in [0.1, 0.15) is 27.7 Å². The molecule has 1 unspecified atom stereocenters. The highest BCUT2D eigenvalue weighted by atomic mass is 79.9. The Hall–Kier alpha value is -1.40. The molecule has 0 radical (unpaired) electrons. The number of benzene rings is 1. The van der Waals surface area contributed by atoms with Crippen LogP contribution in [0.5, 0.6) is 0 Å². The molecular formula is C16H25BrN3O2+. The minimum absolute atomic E-state index is 0.0618. The van der Waals surface area contributed by atoms with Crippen molar-refractivity contribution in [3.05, 3.63) is 28.7 Å². The number of halogens is 1. The fourth-order valence-electron chi connectivity index (χ4n) is 1.88. The second-order valence-electron chi connectivity index (χ2n) is 6.54. The van der Waals surface area contributed by atoms with E-state index >= 15 is 0 Å². The first-order valence-corrected chi connectivity index (χ1v) is 8.07. The van der Waals surface area contributed by atoms with Crippen molar-refractivity contribution in [3.8, 4) is 0 Å². The van der Waals surface area contributed by atoms with Crippen LogP contribution in [0.2, 0.25) is 0 Å². The first-order valence-electron chi connectivity index (χ1n) is 7.28. The number of rotatable bonds is 5. The lowest BCUT2D eigenvalue weighted by Crippen LogP contribution is -3.15. The summed E-state index contributed by atoms with van der Waals surface area (Å²) in [7, 11) is 1.84. The average Bonchev–Trinajstić information content (AvgIpc) is 2.38. The summed E-state index contributed by atoms with van der Waals surface area (Å²) < 4.78 is 0.958. The van der Waals surface area contributed by atoms with Crippen LogP contribution in [-0.2, 0) is 9.59 Å². The van der Waals surface area contributed by atoms with Crippen molar-refractivity contribution in [2.45, 2.75) is 39.3 Å². The van der Waals surface area contributed by atoms with Crippen molar-refractivity contribution in [2.24, 2.45) is 0 Å². The number of likely N-dealkylation sites (N-methyl/N-ethyl adjacent to an activating group) is 1. The van der Waals surface area contributed by atoms with E-state index < -0.39 is 0 Å². The summed E-state index contributed by atoms with van der Waals surface area (Å²) in [6.45, 7) is 7.87. The lowest BCUT2D eigenvalue weighted by Gasteiger charge is -2.24. The summed E-state index contributed by atoms with van der Waals surface area (Å²) in [6, 6.07) is 7.07. The zero-order chi connectivity index (χ0) is 16.9. The summed E-state index contributed by atoms with van der Waals surface area (Å²) in [5.74, 6) is -0.170. The van der Waals surface area contributed by atoms with E-state index in [-0.39, 0.29) is 29.9 Å². The first-order chi connectivity index (χ1) is 10.1. The van der Waals surface area contributed by atoms with E-state index in [9.17, 15) is 9.59 Å². The topological polar surface area (TPSA) is 62.6 Å². The van der Waals surface area contributed by atoms with Crippen LogP contribution in [0.25, 0.3) is 0 Å². The van der Waals surface area contributed by atoms with E-state index in [0.29, 0.717) is 0 Å². The Balaban J connectivity index is 2.54. The lowest BCUT2D eigenvalue weighted by molar-refractivity contribution is -0.885. The van der Waals surface area contributed by atoms with E-state index in [2.05, 4.69) is 26.6 Å². The fourth-order valence-corrected chi connectivity index (χ4v) is 2.14. The fraction of sp³-hybridized carbons (Fsp3) is 0.500. The van der Waals surface area contributed by atoms with E-state index in [4.69, 9.17) is 0 Å². The van der Waals surface area contributed by atoms with Gasteiger partial charge in [0.25, 0.3) is 11.8 Å². The second kappa shape index (κ2) is 7.74. The van der Waals surface area contributed by atoms with Crippen LogP contribution in [0, 0.1) is 0 Å². The van der Waals surface area contributed by atoms with Gasteiger partial charge in [0.05, 0.1) is 7.05 Å². The molecule has 0 aliphatic heterocycles. The molecule has 2 atom stereocenters. The Morgan fingerprint density at radius 3 is 2.27 bits per heavy atom. The molecule has 122 valence electrons. The van der Waals surface area contributed by atoms with Crippen LogP contribution in [0.4, 0.5) is 5.69 Å². The lowest BCUT2D eigenvalue weighted by atomic mass is 10.1. The maximum absolute atomic E-state index is 12.2. The van der Waals surface area contributed by atoms with Gasteiger partial charge in [-0.25, -0.2) is 0 Å². The standard InChI is InChI=1S/C16H24BrN3O2/c1-11(20(5)10-14(21)19-16(2,3)4)15(22)18-13-8-6-12(17)7-9-13/h6-9,11H,10H2,1-5H3,(H,18,22)(H,19,21)/p+1/t11-/m1/s1. The largest absolute Gasteiger partial charge is 0.347 e. The normalized spacial score (nSPS) is 14.1. The Morgan fingerprint density at radius 2 is 1.77 bits per heavy atom. The number of carbonyl (C=O) groups excluding carboxylic acids is 2. The quantitative estimate of drug-likeness (QED) is 0.729. The van der Waals surface area contributed by atoms with Gasteiger partial charge in [-0.05, 0) is 52.0 Å². The molecule has 6 heteroatoms. The highest BCUT2D eigenvalue weighted by Gasteiger charge is 2.25. The number of hydrogen-bond acceptors (Lipinski definition) is 2. The summed E-state index contributed by atoms with van der Waals surface area (Å²) in [4.78, 5) is 25.0. The van der Waals surface area contributed by atoms with Gasteiger partial charge in [0, 0.05) is 15.7 Å². The smallest absolute Gasteiger partial charge is 0.282 e. The highest BCUT2D eigenvalue weighted by Crippen LogP contribution is 2.14. The van der Waals surface area contributed by atoms with Crippen LogP contribution in [-0.4, -0.2) is 37.0 Å². The van der Waals surface area contributed by atoms with Gasteiger partial charge in [-0.3, -0.25) is 9.59 Å². The number of nitrogens with one attached hydrogen (secondary N) is 3. The average molecular weight is 371 g/mol. The summed E-state index contributed by atoms with van der Waals surface area (Å²) in [5, 5.41) is 5.76. The summed E-state index contributed by atoms with van der Waals surface area (Å²) in [6.07, 6.45) is 0. The van der Waals surface area contributed by atoms with Gasteiger partial charge in [-0.1, -0.05) is 15.9 Å².